The Morgan fingerprint density at radius 1 is 1.13 bits per heavy atom. The van der Waals surface area contributed by atoms with Gasteiger partial charge in [-0.3, -0.25) is 0 Å². The summed E-state index contributed by atoms with van der Waals surface area (Å²) in [7, 11) is 0. The van der Waals surface area contributed by atoms with Gasteiger partial charge >= 0.3 is 0 Å². The van der Waals surface area contributed by atoms with Crippen molar-refractivity contribution in [1.29, 1.82) is 0 Å². The fraction of sp³-hybridized carbons (Fsp3) is 0.231. The van der Waals surface area contributed by atoms with Gasteiger partial charge in [0.25, 0.3) is 0 Å². The molecule has 0 aliphatic heterocycles. The lowest BCUT2D eigenvalue weighted by Crippen LogP contribution is -1.99. The molecule has 0 nitrogen and oxygen atoms in total. The van der Waals surface area contributed by atoms with E-state index in [2.05, 4.69) is 25.2 Å². The highest BCUT2D eigenvalue weighted by molar-refractivity contribution is 6.34. The van der Waals surface area contributed by atoms with Crippen molar-refractivity contribution in [3.63, 3.8) is 0 Å². The average Bonchev–Trinajstić information content (AvgIpc) is 2.16. The molecule has 1 aliphatic carbocycles. The minimum atomic E-state index is 0.409. The van der Waals surface area contributed by atoms with Crippen LogP contribution in [0, 0.1) is 0 Å². The number of halogens is 2. The third-order valence-electron chi connectivity index (χ3n) is 2.58. The van der Waals surface area contributed by atoms with E-state index in [1.165, 1.54) is 11.1 Å². The molecular weight excluding hydrogens is 227 g/mol. The Bertz CT molecular complexity index is 410. The maximum Gasteiger partial charge on any atom is 0.0423 e. The summed E-state index contributed by atoms with van der Waals surface area (Å²) in [6.07, 6.45) is 7.48. The standard InChI is InChI=1S/C13H12Cl2/c1-9-3-2-4-10(5-9)11-6-12(14)8-13(15)7-11/h2-4,6-8,10H,5H2,1H3. The van der Waals surface area contributed by atoms with Crippen LogP contribution in [-0.4, -0.2) is 0 Å². The molecular formula is C13H12Cl2. The van der Waals surface area contributed by atoms with Crippen molar-refractivity contribution < 1.29 is 0 Å². The molecule has 0 amide bonds. The topological polar surface area (TPSA) is 0 Å². The van der Waals surface area contributed by atoms with Gasteiger partial charge in [-0.25, -0.2) is 0 Å². The molecule has 0 aromatic heterocycles. The van der Waals surface area contributed by atoms with Crippen molar-refractivity contribution in [3.8, 4) is 0 Å². The van der Waals surface area contributed by atoms with Crippen molar-refractivity contribution in [1.82, 2.24) is 0 Å². The molecule has 0 heterocycles. The van der Waals surface area contributed by atoms with Crippen molar-refractivity contribution in [2.24, 2.45) is 0 Å². The number of hydrogen-bond acceptors (Lipinski definition) is 0. The summed E-state index contributed by atoms with van der Waals surface area (Å²) in [4.78, 5) is 0. The van der Waals surface area contributed by atoms with Gasteiger partial charge in [-0.05, 0) is 37.1 Å². The van der Waals surface area contributed by atoms with E-state index in [1.54, 1.807) is 6.07 Å². The van der Waals surface area contributed by atoms with E-state index in [9.17, 15) is 0 Å². The summed E-state index contributed by atoms with van der Waals surface area (Å²) in [5.74, 6) is 0.409. The minimum Gasteiger partial charge on any atom is -0.0843 e. The Morgan fingerprint density at radius 2 is 1.80 bits per heavy atom. The van der Waals surface area contributed by atoms with E-state index in [-0.39, 0.29) is 0 Å². The van der Waals surface area contributed by atoms with Crippen molar-refractivity contribution in [2.75, 3.05) is 0 Å². The second-order valence-electron chi connectivity index (χ2n) is 3.91. The smallest absolute Gasteiger partial charge is 0.0423 e. The lowest BCUT2D eigenvalue weighted by atomic mass is 9.89. The molecule has 2 rings (SSSR count). The normalized spacial score (nSPS) is 20.2. The summed E-state index contributed by atoms with van der Waals surface area (Å²) in [6, 6.07) is 5.74. The molecule has 0 spiro atoms. The van der Waals surface area contributed by atoms with Crippen LogP contribution in [0.1, 0.15) is 24.8 Å². The van der Waals surface area contributed by atoms with E-state index < -0.39 is 0 Å². The zero-order chi connectivity index (χ0) is 10.8. The SMILES string of the molecule is CC1=CC=CC(c2cc(Cl)cc(Cl)c2)C1. The zero-order valence-corrected chi connectivity index (χ0v) is 10.0. The molecule has 0 radical (unpaired) electrons. The molecule has 0 bridgehead atoms. The number of rotatable bonds is 1. The van der Waals surface area contributed by atoms with Crippen molar-refractivity contribution in [3.05, 3.63) is 57.6 Å². The van der Waals surface area contributed by atoms with Gasteiger partial charge in [0.2, 0.25) is 0 Å². The molecule has 0 N–H and O–H groups in total. The molecule has 1 atom stereocenters. The van der Waals surface area contributed by atoms with Gasteiger partial charge in [0.05, 0.1) is 0 Å². The third-order valence-corrected chi connectivity index (χ3v) is 3.02. The first-order valence-corrected chi connectivity index (χ1v) is 5.71. The first kappa shape index (κ1) is 10.8. The van der Waals surface area contributed by atoms with E-state index in [1.807, 2.05) is 12.1 Å². The van der Waals surface area contributed by atoms with Gasteiger partial charge in [0, 0.05) is 16.0 Å². The van der Waals surface area contributed by atoms with E-state index >= 15 is 0 Å². The molecule has 0 fully saturated rings. The molecule has 1 unspecified atom stereocenters. The summed E-state index contributed by atoms with van der Waals surface area (Å²) >= 11 is 12.0. The van der Waals surface area contributed by atoms with E-state index in [0.717, 1.165) is 6.42 Å². The fourth-order valence-corrected chi connectivity index (χ4v) is 2.40. The Kier molecular flexibility index (Phi) is 3.18. The summed E-state index contributed by atoms with van der Waals surface area (Å²) in [5, 5.41) is 1.41. The first-order chi connectivity index (χ1) is 7.15. The van der Waals surface area contributed by atoms with Crippen LogP contribution in [0.2, 0.25) is 10.0 Å². The first-order valence-electron chi connectivity index (χ1n) is 4.95. The van der Waals surface area contributed by atoms with Gasteiger partial charge in [-0.15, -0.1) is 0 Å². The second kappa shape index (κ2) is 4.42. The Hall–Kier alpha value is -0.720. The highest BCUT2D eigenvalue weighted by atomic mass is 35.5. The van der Waals surface area contributed by atoms with Crippen molar-refractivity contribution in [2.45, 2.75) is 19.3 Å². The fourth-order valence-electron chi connectivity index (χ4n) is 1.86. The molecule has 1 aromatic rings. The molecule has 1 aliphatic rings. The molecule has 15 heavy (non-hydrogen) atoms. The predicted molar refractivity (Wildman–Crippen MR) is 66.7 cm³/mol. The van der Waals surface area contributed by atoms with Crippen molar-refractivity contribution >= 4 is 23.2 Å². The third kappa shape index (κ3) is 2.64. The van der Waals surface area contributed by atoms with E-state index in [0.29, 0.717) is 16.0 Å². The van der Waals surface area contributed by atoms with Crippen LogP contribution in [-0.2, 0) is 0 Å². The van der Waals surface area contributed by atoms with Crippen LogP contribution in [0.5, 0.6) is 0 Å². The molecule has 1 aromatic carbocycles. The van der Waals surface area contributed by atoms with Crippen LogP contribution in [0.4, 0.5) is 0 Å². The summed E-state index contributed by atoms with van der Waals surface area (Å²) in [5.41, 5.74) is 2.58. The molecule has 2 heteroatoms. The predicted octanol–water partition coefficient (Wildman–Crippen LogP) is 4.98. The largest absolute Gasteiger partial charge is 0.0843 e. The van der Waals surface area contributed by atoms with Crippen LogP contribution >= 0.6 is 23.2 Å². The average molecular weight is 239 g/mol. The van der Waals surface area contributed by atoms with Gasteiger partial charge in [-0.1, -0.05) is 47.0 Å². The van der Waals surface area contributed by atoms with Gasteiger partial charge in [-0.2, -0.15) is 0 Å². The quantitative estimate of drug-likeness (QED) is 0.648. The monoisotopic (exact) mass is 238 g/mol. The van der Waals surface area contributed by atoms with E-state index in [4.69, 9.17) is 23.2 Å². The lowest BCUT2D eigenvalue weighted by Gasteiger charge is -2.17. The van der Waals surface area contributed by atoms with Gasteiger partial charge in [0.1, 0.15) is 0 Å². The van der Waals surface area contributed by atoms with Gasteiger partial charge in [0.15, 0.2) is 0 Å². The van der Waals surface area contributed by atoms with Gasteiger partial charge < -0.3 is 0 Å². The Labute approximate surface area is 100 Å². The minimum absolute atomic E-state index is 0.409. The highest BCUT2D eigenvalue weighted by Crippen LogP contribution is 2.31. The van der Waals surface area contributed by atoms with Crippen LogP contribution < -0.4 is 0 Å². The summed E-state index contributed by atoms with van der Waals surface area (Å²) in [6.45, 7) is 2.14. The second-order valence-corrected chi connectivity index (χ2v) is 4.78. The Morgan fingerprint density at radius 3 is 2.40 bits per heavy atom. The molecule has 0 saturated heterocycles. The number of benzene rings is 1. The molecule has 0 saturated carbocycles. The number of allylic oxidation sites excluding steroid dienone is 4. The maximum atomic E-state index is 5.98. The van der Waals surface area contributed by atoms with Crippen LogP contribution in [0.3, 0.4) is 0 Å². The maximum absolute atomic E-state index is 5.98. The van der Waals surface area contributed by atoms with Crippen LogP contribution in [0.25, 0.3) is 0 Å². The Balaban J connectivity index is 2.31. The molecule has 78 valence electrons. The summed E-state index contributed by atoms with van der Waals surface area (Å²) < 4.78 is 0. The zero-order valence-electron chi connectivity index (χ0n) is 8.50. The number of hydrogen-bond donors (Lipinski definition) is 0. The highest BCUT2D eigenvalue weighted by Gasteiger charge is 2.12. The van der Waals surface area contributed by atoms with Crippen LogP contribution in [0.15, 0.2) is 42.0 Å². The lowest BCUT2D eigenvalue weighted by molar-refractivity contribution is 0.813.